The minimum atomic E-state index is -1.24. The number of anilines is 1. The number of carboxylic acid groups (broad SMARTS) is 1. The molecule has 0 heterocycles. The normalized spacial score (nSPS) is 11.9. The molecule has 0 bridgehead atoms. The Morgan fingerprint density at radius 3 is 2.67 bits per heavy atom. The highest BCUT2D eigenvalue weighted by Gasteiger charge is 2.13. The average Bonchev–Trinajstić information content (AvgIpc) is 2.25. The predicted molar refractivity (Wildman–Crippen MR) is 63.9 cm³/mol. The molecule has 1 atom stereocenters. The minimum Gasteiger partial charge on any atom is -0.478 e. The van der Waals surface area contributed by atoms with Crippen molar-refractivity contribution in [1.82, 2.24) is 0 Å². The number of benzene rings is 1. The van der Waals surface area contributed by atoms with Crippen molar-refractivity contribution in [2.45, 2.75) is 26.1 Å². The number of aliphatic hydroxyl groups excluding tert-OH is 1. The second kappa shape index (κ2) is 6.02. The van der Waals surface area contributed by atoms with E-state index in [4.69, 9.17) is 10.8 Å². The maximum absolute atomic E-state index is 11.0. The van der Waals surface area contributed by atoms with Gasteiger partial charge in [0, 0.05) is 19.0 Å². The van der Waals surface area contributed by atoms with Gasteiger partial charge < -0.3 is 20.7 Å². The first-order valence-corrected chi connectivity index (χ1v) is 5.37. The number of ether oxygens (including phenoxy) is 1. The summed E-state index contributed by atoms with van der Waals surface area (Å²) in [4.78, 5) is 21.6. The molecule has 98 valence electrons. The van der Waals surface area contributed by atoms with Crippen LogP contribution in [0.1, 0.15) is 29.3 Å². The Hall–Kier alpha value is -2.08. The first-order chi connectivity index (χ1) is 8.40. The van der Waals surface area contributed by atoms with Crippen molar-refractivity contribution in [2.24, 2.45) is 0 Å². The van der Waals surface area contributed by atoms with Gasteiger partial charge in [-0.2, -0.15) is 0 Å². The van der Waals surface area contributed by atoms with Gasteiger partial charge in [0.2, 0.25) is 6.29 Å². The average molecular weight is 253 g/mol. The third-order valence-corrected chi connectivity index (χ3v) is 2.32. The van der Waals surface area contributed by atoms with Gasteiger partial charge in [0.05, 0.1) is 5.56 Å². The number of carboxylic acids is 1. The lowest BCUT2D eigenvalue weighted by molar-refractivity contribution is -0.165. The maximum Gasteiger partial charge on any atom is 0.335 e. The molecule has 0 saturated carbocycles. The fourth-order valence-electron chi connectivity index (χ4n) is 1.56. The van der Waals surface area contributed by atoms with Crippen LogP contribution in [0.4, 0.5) is 5.69 Å². The van der Waals surface area contributed by atoms with Crippen LogP contribution >= 0.6 is 0 Å². The third kappa shape index (κ3) is 4.06. The van der Waals surface area contributed by atoms with Crippen molar-refractivity contribution in [2.75, 3.05) is 5.73 Å². The van der Waals surface area contributed by atoms with Gasteiger partial charge >= 0.3 is 11.9 Å². The zero-order chi connectivity index (χ0) is 13.7. The summed E-state index contributed by atoms with van der Waals surface area (Å²) >= 11 is 0. The predicted octanol–water partition coefficient (Wildman–Crippen LogP) is 0.781. The van der Waals surface area contributed by atoms with Crippen LogP contribution in [0, 0.1) is 0 Å². The summed E-state index contributed by atoms with van der Waals surface area (Å²) in [5.74, 6) is -1.65. The van der Waals surface area contributed by atoms with E-state index in [1.807, 2.05) is 0 Å². The molecular weight excluding hydrogens is 238 g/mol. The van der Waals surface area contributed by atoms with Crippen molar-refractivity contribution in [3.8, 4) is 0 Å². The molecule has 0 spiro atoms. The second-order valence-corrected chi connectivity index (χ2v) is 3.82. The third-order valence-electron chi connectivity index (χ3n) is 2.32. The van der Waals surface area contributed by atoms with Gasteiger partial charge in [-0.3, -0.25) is 4.79 Å². The number of carbonyl (C=O) groups is 2. The highest BCUT2D eigenvalue weighted by Crippen LogP contribution is 2.16. The van der Waals surface area contributed by atoms with Crippen LogP contribution in [0.25, 0.3) is 0 Å². The molecule has 4 N–H and O–H groups in total. The Morgan fingerprint density at radius 1 is 1.44 bits per heavy atom. The van der Waals surface area contributed by atoms with Gasteiger partial charge in [-0.25, -0.2) is 4.79 Å². The Kier molecular flexibility index (Phi) is 4.67. The van der Waals surface area contributed by atoms with Crippen molar-refractivity contribution >= 4 is 17.6 Å². The monoisotopic (exact) mass is 253 g/mol. The second-order valence-electron chi connectivity index (χ2n) is 3.82. The molecule has 1 aromatic rings. The summed E-state index contributed by atoms with van der Waals surface area (Å²) < 4.78 is 4.54. The number of hydrogen-bond donors (Lipinski definition) is 3. The van der Waals surface area contributed by atoms with Gasteiger partial charge in [-0.15, -0.1) is 0 Å². The smallest absolute Gasteiger partial charge is 0.335 e. The van der Waals surface area contributed by atoms with Crippen molar-refractivity contribution in [1.29, 1.82) is 0 Å². The molecular formula is C12H15NO5. The Labute approximate surface area is 104 Å². The summed E-state index contributed by atoms with van der Waals surface area (Å²) in [5.41, 5.74) is 6.63. The van der Waals surface area contributed by atoms with E-state index in [-0.39, 0.29) is 18.4 Å². The van der Waals surface area contributed by atoms with E-state index in [1.165, 1.54) is 25.1 Å². The van der Waals surface area contributed by atoms with Crippen LogP contribution in [0.3, 0.4) is 0 Å². The van der Waals surface area contributed by atoms with E-state index in [2.05, 4.69) is 4.74 Å². The van der Waals surface area contributed by atoms with Crippen LogP contribution in [0.5, 0.6) is 0 Å². The molecule has 6 heteroatoms. The maximum atomic E-state index is 11.0. The van der Waals surface area contributed by atoms with Crippen molar-refractivity contribution in [3.63, 3.8) is 0 Å². The van der Waals surface area contributed by atoms with Crippen LogP contribution in [0.2, 0.25) is 0 Å². The van der Waals surface area contributed by atoms with Gasteiger partial charge in [-0.05, 0) is 30.2 Å². The number of hydrogen-bond acceptors (Lipinski definition) is 5. The van der Waals surface area contributed by atoms with Gasteiger partial charge in [-0.1, -0.05) is 0 Å². The van der Waals surface area contributed by atoms with E-state index in [0.29, 0.717) is 11.3 Å². The Bertz CT molecular complexity index is 458. The lowest BCUT2D eigenvalue weighted by Crippen LogP contribution is -2.17. The molecule has 1 rings (SSSR count). The molecule has 18 heavy (non-hydrogen) atoms. The summed E-state index contributed by atoms with van der Waals surface area (Å²) in [6.07, 6.45) is -0.879. The molecule has 1 aromatic carbocycles. The summed E-state index contributed by atoms with van der Waals surface area (Å²) in [6, 6.07) is 4.44. The van der Waals surface area contributed by atoms with Crippen molar-refractivity contribution in [3.05, 3.63) is 29.3 Å². The zero-order valence-corrected chi connectivity index (χ0v) is 9.92. The zero-order valence-electron chi connectivity index (χ0n) is 9.92. The minimum absolute atomic E-state index is 0.114. The number of nitrogens with two attached hydrogens (primary N) is 1. The van der Waals surface area contributed by atoms with Gasteiger partial charge in [0.15, 0.2) is 0 Å². The number of esters is 1. The van der Waals surface area contributed by atoms with Crippen LogP contribution < -0.4 is 5.73 Å². The Morgan fingerprint density at radius 2 is 2.11 bits per heavy atom. The summed E-state index contributed by atoms with van der Waals surface area (Å²) in [7, 11) is 0. The van der Waals surface area contributed by atoms with Crippen LogP contribution in [0.15, 0.2) is 18.2 Å². The molecule has 6 nitrogen and oxygen atoms in total. The fourth-order valence-corrected chi connectivity index (χ4v) is 1.56. The van der Waals surface area contributed by atoms with Crippen LogP contribution in [-0.4, -0.2) is 28.4 Å². The molecule has 0 radical (unpaired) electrons. The topological polar surface area (TPSA) is 110 Å². The van der Waals surface area contributed by atoms with E-state index in [0.717, 1.165) is 0 Å². The SMILES string of the molecule is CC(=O)O[C@H](O)CCc1cc(N)ccc1C(=O)O. The number of aromatic carboxylic acids is 1. The van der Waals surface area contributed by atoms with Crippen molar-refractivity contribution < 1.29 is 24.5 Å². The highest BCUT2D eigenvalue weighted by molar-refractivity contribution is 5.89. The van der Waals surface area contributed by atoms with E-state index < -0.39 is 18.2 Å². The Balaban J connectivity index is 2.74. The van der Waals surface area contributed by atoms with Gasteiger partial charge in [0.1, 0.15) is 0 Å². The number of carbonyl (C=O) groups excluding carboxylic acids is 1. The number of nitrogen functional groups attached to an aromatic ring is 1. The molecule has 0 aliphatic rings. The molecule has 0 saturated heterocycles. The largest absolute Gasteiger partial charge is 0.478 e. The quantitative estimate of drug-likeness (QED) is 0.406. The number of aliphatic hydroxyl groups is 1. The lowest BCUT2D eigenvalue weighted by Gasteiger charge is -2.12. The summed E-state index contributed by atoms with van der Waals surface area (Å²) in [5, 5.41) is 18.3. The van der Waals surface area contributed by atoms with Gasteiger partial charge in [0.25, 0.3) is 0 Å². The van der Waals surface area contributed by atoms with E-state index in [1.54, 1.807) is 0 Å². The first kappa shape index (κ1) is 14.0. The first-order valence-electron chi connectivity index (χ1n) is 5.37. The molecule has 0 aliphatic heterocycles. The van der Waals surface area contributed by atoms with E-state index in [9.17, 15) is 14.7 Å². The molecule has 0 aliphatic carbocycles. The number of rotatable bonds is 5. The molecule has 0 aromatic heterocycles. The lowest BCUT2D eigenvalue weighted by atomic mass is 10.0. The molecule has 0 unspecified atom stereocenters. The number of aryl methyl sites for hydroxylation is 1. The summed E-state index contributed by atoms with van der Waals surface area (Å²) in [6.45, 7) is 1.19. The fraction of sp³-hybridized carbons (Fsp3) is 0.333. The van der Waals surface area contributed by atoms with Crippen LogP contribution in [-0.2, 0) is 16.0 Å². The standard InChI is InChI=1S/C12H15NO5/c1-7(14)18-11(15)5-2-8-6-9(13)3-4-10(8)12(16)17/h3-4,6,11,15H,2,5,13H2,1H3,(H,16,17)/t11-/m0/s1. The highest BCUT2D eigenvalue weighted by atomic mass is 16.6. The van der Waals surface area contributed by atoms with E-state index >= 15 is 0 Å². The molecule has 0 fully saturated rings. The molecule has 0 amide bonds.